The van der Waals surface area contributed by atoms with Crippen LogP contribution in [0.25, 0.3) is 0 Å². The normalized spacial score (nSPS) is 11.8. The lowest BCUT2D eigenvalue weighted by atomic mass is 10.1. The predicted molar refractivity (Wildman–Crippen MR) is 87.9 cm³/mol. The molecule has 3 nitrogen and oxygen atoms in total. The Bertz CT molecular complexity index is 572. The number of nitrogens with one attached hydrogen (secondary N) is 1. The third-order valence-electron chi connectivity index (χ3n) is 3.09. The fraction of sp³-hybridized carbons (Fsp3) is 0.412. The van der Waals surface area contributed by atoms with E-state index < -0.39 is 0 Å². The van der Waals surface area contributed by atoms with Gasteiger partial charge in [-0.1, -0.05) is 34.1 Å². The summed E-state index contributed by atoms with van der Waals surface area (Å²) < 4.78 is 12.4. The van der Waals surface area contributed by atoms with Crippen LogP contribution in [0.2, 0.25) is 0 Å². The Labute approximate surface area is 134 Å². The average molecular weight is 352 g/mol. The lowest BCUT2D eigenvalue weighted by Crippen LogP contribution is -2.35. The summed E-state index contributed by atoms with van der Waals surface area (Å²) in [5.74, 6) is 0.942. The van der Waals surface area contributed by atoms with Gasteiger partial charge in [0.25, 0.3) is 0 Å². The molecule has 0 atom stereocenters. The van der Waals surface area contributed by atoms with Gasteiger partial charge >= 0.3 is 0 Å². The molecule has 1 aromatic heterocycles. The van der Waals surface area contributed by atoms with Crippen LogP contribution in [0.3, 0.4) is 0 Å². The first-order valence-corrected chi connectivity index (χ1v) is 7.86. The van der Waals surface area contributed by atoms with Gasteiger partial charge in [0.15, 0.2) is 0 Å². The Morgan fingerprint density at radius 2 is 1.81 bits per heavy atom. The molecule has 0 aliphatic rings. The number of hydrogen-bond acceptors (Lipinski definition) is 3. The molecule has 114 valence electrons. The minimum Gasteiger partial charge on any atom is -0.468 e. The van der Waals surface area contributed by atoms with E-state index in [-0.39, 0.29) is 5.54 Å². The Morgan fingerprint density at radius 1 is 1.10 bits per heavy atom. The third-order valence-corrected chi connectivity index (χ3v) is 3.86. The van der Waals surface area contributed by atoms with Gasteiger partial charge in [-0.25, -0.2) is 0 Å². The minimum atomic E-state index is 0.0693. The zero-order chi connectivity index (χ0) is 15.3. The van der Waals surface area contributed by atoms with E-state index in [2.05, 4.69) is 48.1 Å². The second kappa shape index (κ2) is 7.25. The van der Waals surface area contributed by atoms with E-state index in [1.807, 2.05) is 24.3 Å². The monoisotopic (exact) mass is 351 g/mol. The molecule has 2 aromatic rings. The number of hydrogen-bond donors (Lipinski definition) is 1. The van der Waals surface area contributed by atoms with E-state index in [0.29, 0.717) is 19.8 Å². The van der Waals surface area contributed by atoms with Crippen LogP contribution in [-0.4, -0.2) is 5.54 Å². The summed E-state index contributed by atoms with van der Waals surface area (Å²) in [6, 6.07) is 10.1. The second-order valence-electron chi connectivity index (χ2n) is 6.06. The van der Waals surface area contributed by atoms with E-state index in [0.717, 1.165) is 21.4 Å². The highest BCUT2D eigenvalue weighted by atomic mass is 79.9. The fourth-order valence-corrected chi connectivity index (χ4v) is 2.28. The van der Waals surface area contributed by atoms with E-state index in [9.17, 15) is 0 Å². The molecule has 4 heteroatoms. The van der Waals surface area contributed by atoms with Gasteiger partial charge < -0.3 is 14.5 Å². The highest BCUT2D eigenvalue weighted by Crippen LogP contribution is 2.18. The largest absolute Gasteiger partial charge is 0.468 e. The van der Waals surface area contributed by atoms with Crippen molar-refractivity contribution in [2.75, 3.05) is 0 Å². The first-order valence-electron chi connectivity index (χ1n) is 7.07. The molecule has 0 saturated heterocycles. The summed E-state index contributed by atoms with van der Waals surface area (Å²) in [5, 5.41) is 3.43. The van der Waals surface area contributed by atoms with Crippen molar-refractivity contribution < 1.29 is 9.15 Å². The summed E-state index contributed by atoms with van der Waals surface area (Å²) in [4.78, 5) is 0. The van der Waals surface area contributed by atoms with Crippen molar-refractivity contribution >= 4 is 15.9 Å². The fourth-order valence-electron chi connectivity index (χ4n) is 1.88. The van der Waals surface area contributed by atoms with Crippen LogP contribution in [0.5, 0.6) is 0 Å². The first kappa shape index (κ1) is 16.3. The number of halogens is 1. The van der Waals surface area contributed by atoms with E-state index in [1.54, 1.807) is 6.26 Å². The molecule has 0 aliphatic carbocycles. The zero-order valence-electron chi connectivity index (χ0n) is 12.8. The van der Waals surface area contributed by atoms with Gasteiger partial charge in [0, 0.05) is 15.6 Å². The van der Waals surface area contributed by atoms with Crippen molar-refractivity contribution in [2.45, 2.75) is 46.1 Å². The van der Waals surface area contributed by atoms with Gasteiger partial charge in [0.05, 0.1) is 26.0 Å². The van der Waals surface area contributed by atoms with E-state index in [4.69, 9.17) is 9.15 Å². The molecule has 0 radical (unpaired) electrons. The van der Waals surface area contributed by atoms with Crippen molar-refractivity contribution in [3.63, 3.8) is 0 Å². The van der Waals surface area contributed by atoms with Crippen molar-refractivity contribution in [3.05, 3.63) is 58.0 Å². The van der Waals surface area contributed by atoms with Crippen LogP contribution in [0.4, 0.5) is 0 Å². The number of benzene rings is 1. The maximum Gasteiger partial charge on any atom is 0.123 e. The Kier molecular flexibility index (Phi) is 5.62. The van der Waals surface area contributed by atoms with Crippen LogP contribution in [-0.2, 0) is 24.5 Å². The van der Waals surface area contributed by atoms with E-state index in [1.165, 1.54) is 0 Å². The molecule has 0 aliphatic heterocycles. The number of ether oxygens (including phenoxy) is 1. The van der Waals surface area contributed by atoms with Gasteiger partial charge in [-0.15, -0.1) is 0 Å². The maximum atomic E-state index is 5.80. The molecular formula is C17H22BrNO2. The Hall–Kier alpha value is -1.10. The van der Waals surface area contributed by atoms with Gasteiger partial charge in [-0.2, -0.15) is 0 Å². The molecule has 0 spiro atoms. The number of rotatable bonds is 6. The summed E-state index contributed by atoms with van der Waals surface area (Å²) >= 11 is 3.53. The highest BCUT2D eigenvalue weighted by molar-refractivity contribution is 9.10. The Balaban J connectivity index is 1.87. The molecule has 1 aromatic carbocycles. The van der Waals surface area contributed by atoms with Crippen molar-refractivity contribution in [1.82, 2.24) is 5.32 Å². The molecular weight excluding hydrogens is 330 g/mol. The molecule has 0 saturated carbocycles. The van der Waals surface area contributed by atoms with Gasteiger partial charge in [0.1, 0.15) is 5.76 Å². The third kappa shape index (κ3) is 5.30. The zero-order valence-corrected chi connectivity index (χ0v) is 14.4. The summed E-state index contributed by atoms with van der Waals surface area (Å²) in [6.45, 7) is 8.26. The summed E-state index contributed by atoms with van der Waals surface area (Å²) in [7, 11) is 0. The topological polar surface area (TPSA) is 34.4 Å². The molecule has 1 N–H and O–H groups in total. The molecule has 21 heavy (non-hydrogen) atoms. The van der Waals surface area contributed by atoms with Crippen LogP contribution < -0.4 is 5.32 Å². The van der Waals surface area contributed by atoms with Crippen LogP contribution in [0.15, 0.2) is 45.5 Å². The van der Waals surface area contributed by atoms with E-state index >= 15 is 0 Å². The molecule has 2 rings (SSSR count). The predicted octanol–water partition coefficient (Wildman–Crippen LogP) is 4.65. The van der Waals surface area contributed by atoms with Gasteiger partial charge in [-0.3, -0.25) is 0 Å². The van der Waals surface area contributed by atoms with Crippen LogP contribution in [0.1, 0.15) is 37.7 Å². The lowest BCUT2D eigenvalue weighted by Gasteiger charge is -2.20. The lowest BCUT2D eigenvalue weighted by molar-refractivity contribution is 0.105. The van der Waals surface area contributed by atoms with Gasteiger partial charge in [-0.05, 0) is 38.5 Å². The van der Waals surface area contributed by atoms with Crippen LogP contribution in [0, 0.1) is 0 Å². The van der Waals surface area contributed by atoms with Gasteiger partial charge in [0.2, 0.25) is 0 Å². The van der Waals surface area contributed by atoms with Crippen molar-refractivity contribution in [1.29, 1.82) is 0 Å². The van der Waals surface area contributed by atoms with Crippen molar-refractivity contribution in [3.8, 4) is 0 Å². The maximum absolute atomic E-state index is 5.80. The summed E-state index contributed by atoms with van der Waals surface area (Å²) in [5.41, 5.74) is 2.31. The minimum absolute atomic E-state index is 0.0693. The molecule has 0 unspecified atom stereocenters. The highest BCUT2D eigenvalue weighted by Gasteiger charge is 2.12. The molecule has 0 amide bonds. The average Bonchev–Trinajstić information content (AvgIpc) is 2.85. The molecule has 1 heterocycles. The summed E-state index contributed by atoms with van der Waals surface area (Å²) in [6.07, 6.45) is 1.72. The Morgan fingerprint density at radius 3 is 2.52 bits per heavy atom. The quantitative estimate of drug-likeness (QED) is 0.822. The second-order valence-corrected chi connectivity index (χ2v) is 6.91. The number of furan rings is 1. The van der Waals surface area contributed by atoms with Crippen LogP contribution >= 0.6 is 15.9 Å². The standard InChI is InChI=1S/C17H22BrNO2/c1-17(2,3)19-10-16-14(8-9-21-16)12-20-11-13-6-4-5-7-15(13)18/h4-9,19H,10-12H2,1-3H3. The molecule has 0 fully saturated rings. The first-order chi connectivity index (χ1) is 9.96. The SMILES string of the molecule is CC(C)(C)NCc1occc1COCc1ccccc1Br. The van der Waals surface area contributed by atoms with Crippen molar-refractivity contribution in [2.24, 2.45) is 0 Å². The molecule has 0 bridgehead atoms. The smallest absolute Gasteiger partial charge is 0.123 e.